The Balaban J connectivity index is 1.53. The number of rotatable bonds is 7. The van der Waals surface area contributed by atoms with E-state index < -0.39 is 10.0 Å². The largest absolute Gasteiger partial charge is 0.427 e. The lowest BCUT2D eigenvalue weighted by Crippen LogP contribution is -2.35. The van der Waals surface area contributed by atoms with Crippen molar-refractivity contribution < 1.29 is 17.9 Å². The molecule has 1 aliphatic heterocycles. The molecule has 29 heavy (non-hydrogen) atoms. The summed E-state index contributed by atoms with van der Waals surface area (Å²) in [5.74, 6) is 0.677. The second kappa shape index (κ2) is 9.55. The zero-order valence-electron chi connectivity index (χ0n) is 17.1. The highest BCUT2D eigenvalue weighted by Crippen LogP contribution is 2.22. The van der Waals surface area contributed by atoms with E-state index in [2.05, 4.69) is 13.8 Å². The van der Waals surface area contributed by atoms with Gasteiger partial charge in [0, 0.05) is 19.5 Å². The summed E-state index contributed by atoms with van der Waals surface area (Å²) >= 11 is 0. The molecule has 2 aromatic carbocycles. The highest BCUT2D eigenvalue weighted by molar-refractivity contribution is 7.89. The standard InChI is InChI=1S/C23H29NO4S/c1-18(2)20-9-11-21(12-10-20)28-23(25)15-8-19-6-13-22(14-7-19)29(26,27)24-16-4-3-5-17-24/h6-7,9-14,18H,3-5,8,15-17H2,1-2H3. The lowest BCUT2D eigenvalue weighted by Gasteiger charge is -2.25. The lowest BCUT2D eigenvalue weighted by atomic mass is 10.0. The average molecular weight is 416 g/mol. The van der Waals surface area contributed by atoms with Gasteiger partial charge in [-0.25, -0.2) is 8.42 Å². The van der Waals surface area contributed by atoms with E-state index in [1.807, 2.05) is 24.3 Å². The quantitative estimate of drug-likeness (QED) is 0.493. The molecule has 0 spiro atoms. The van der Waals surface area contributed by atoms with Crippen molar-refractivity contribution in [3.63, 3.8) is 0 Å². The first-order valence-electron chi connectivity index (χ1n) is 10.3. The van der Waals surface area contributed by atoms with Crippen molar-refractivity contribution in [2.24, 2.45) is 0 Å². The smallest absolute Gasteiger partial charge is 0.311 e. The van der Waals surface area contributed by atoms with Crippen LogP contribution in [0.4, 0.5) is 0 Å². The number of nitrogens with zero attached hydrogens (tertiary/aromatic N) is 1. The van der Waals surface area contributed by atoms with Crippen LogP contribution >= 0.6 is 0 Å². The Morgan fingerprint density at radius 3 is 2.17 bits per heavy atom. The van der Waals surface area contributed by atoms with Gasteiger partial charge in [0.1, 0.15) is 5.75 Å². The minimum atomic E-state index is -3.42. The van der Waals surface area contributed by atoms with Gasteiger partial charge in [-0.1, -0.05) is 44.5 Å². The number of benzene rings is 2. The topological polar surface area (TPSA) is 63.7 Å². The fraction of sp³-hybridized carbons (Fsp3) is 0.435. The van der Waals surface area contributed by atoms with Crippen molar-refractivity contribution in [2.45, 2.75) is 56.8 Å². The molecular weight excluding hydrogens is 386 g/mol. The van der Waals surface area contributed by atoms with Gasteiger partial charge in [-0.15, -0.1) is 0 Å². The summed E-state index contributed by atoms with van der Waals surface area (Å²) in [6.07, 6.45) is 3.67. The van der Waals surface area contributed by atoms with Crippen LogP contribution in [0.15, 0.2) is 53.4 Å². The van der Waals surface area contributed by atoms with Crippen LogP contribution in [0.25, 0.3) is 0 Å². The average Bonchev–Trinajstić information content (AvgIpc) is 2.73. The van der Waals surface area contributed by atoms with Gasteiger partial charge in [0.15, 0.2) is 0 Å². The number of piperidine rings is 1. The Morgan fingerprint density at radius 2 is 1.59 bits per heavy atom. The van der Waals surface area contributed by atoms with Crippen LogP contribution in [0.1, 0.15) is 56.6 Å². The minimum Gasteiger partial charge on any atom is -0.427 e. The number of hydrogen-bond acceptors (Lipinski definition) is 4. The molecule has 2 aromatic rings. The molecule has 0 unspecified atom stereocenters. The number of sulfonamides is 1. The zero-order chi connectivity index (χ0) is 20.9. The van der Waals surface area contributed by atoms with E-state index in [0.29, 0.717) is 36.1 Å². The highest BCUT2D eigenvalue weighted by atomic mass is 32.2. The molecule has 0 amide bonds. The van der Waals surface area contributed by atoms with Crippen molar-refractivity contribution in [3.8, 4) is 5.75 Å². The first-order valence-corrected chi connectivity index (χ1v) is 11.7. The number of aryl methyl sites for hydroxylation is 1. The van der Waals surface area contributed by atoms with E-state index in [1.165, 1.54) is 5.56 Å². The van der Waals surface area contributed by atoms with Crippen molar-refractivity contribution >= 4 is 16.0 Å². The molecule has 1 aliphatic rings. The van der Waals surface area contributed by atoms with Gasteiger partial charge in [0.05, 0.1) is 4.90 Å². The summed E-state index contributed by atoms with van der Waals surface area (Å²) in [7, 11) is -3.42. The number of hydrogen-bond donors (Lipinski definition) is 0. The number of ether oxygens (including phenoxy) is 1. The summed E-state index contributed by atoms with van der Waals surface area (Å²) in [6, 6.07) is 14.4. The molecule has 156 valence electrons. The molecule has 0 aliphatic carbocycles. The minimum absolute atomic E-state index is 0.240. The van der Waals surface area contributed by atoms with Crippen LogP contribution in [-0.2, 0) is 21.2 Å². The Hall–Kier alpha value is -2.18. The third-order valence-electron chi connectivity index (χ3n) is 5.27. The lowest BCUT2D eigenvalue weighted by molar-refractivity contribution is -0.134. The third kappa shape index (κ3) is 5.67. The van der Waals surface area contributed by atoms with Gasteiger partial charge in [-0.3, -0.25) is 4.79 Å². The van der Waals surface area contributed by atoms with Gasteiger partial charge in [0.25, 0.3) is 0 Å². The number of esters is 1. The first-order chi connectivity index (χ1) is 13.9. The predicted octanol–water partition coefficient (Wildman–Crippen LogP) is 4.52. The second-order valence-corrected chi connectivity index (χ2v) is 9.74. The normalized spacial score (nSPS) is 15.4. The SMILES string of the molecule is CC(C)c1ccc(OC(=O)CCc2ccc(S(=O)(=O)N3CCCCC3)cc2)cc1. The zero-order valence-corrected chi connectivity index (χ0v) is 18.0. The second-order valence-electron chi connectivity index (χ2n) is 7.81. The molecule has 0 saturated carbocycles. The van der Waals surface area contributed by atoms with Crippen LogP contribution < -0.4 is 4.74 Å². The van der Waals surface area contributed by atoms with Crippen LogP contribution in [-0.4, -0.2) is 31.8 Å². The highest BCUT2D eigenvalue weighted by Gasteiger charge is 2.25. The fourth-order valence-corrected chi connectivity index (χ4v) is 4.95. The Labute approximate surface area is 173 Å². The summed E-state index contributed by atoms with van der Waals surface area (Å²) in [6.45, 7) is 5.41. The molecular formula is C23H29NO4S. The molecule has 0 atom stereocenters. The Kier molecular flexibility index (Phi) is 7.09. The molecule has 0 aromatic heterocycles. The molecule has 1 fully saturated rings. The van der Waals surface area contributed by atoms with Gasteiger partial charge < -0.3 is 4.74 Å². The third-order valence-corrected chi connectivity index (χ3v) is 7.19. The molecule has 1 saturated heterocycles. The Morgan fingerprint density at radius 1 is 0.966 bits per heavy atom. The van der Waals surface area contributed by atoms with Crippen molar-refractivity contribution in [3.05, 3.63) is 59.7 Å². The van der Waals surface area contributed by atoms with Crippen molar-refractivity contribution in [2.75, 3.05) is 13.1 Å². The Bertz CT molecular complexity index is 912. The maximum atomic E-state index is 12.7. The van der Waals surface area contributed by atoms with E-state index in [4.69, 9.17) is 4.74 Å². The summed E-state index contributed by atoms with van der Waals surface area (Å²) in [5.41, 5.74) is 2.11. The van der Waals surface area contributed by atoms with E-state index in [-0.39, 0.29) is 12.4 Å². The molecule has 0 radical (unpaired) electrons. The van der Waals surface area contributed by atoms with Gasteiger partial charge >= 0.3 is 5.97 Å². The molecule has 5 nitrogen and oxygen atoms in total. The van der Waals surface area contributed by atoms with Gasteiger partial charge in [-0.2, -0.15) is 4.31 Å². The first kappa shape index (κ1) is 21.5. The molecule has 0 bridgehead atoms. The number of carbonyl (C=O) groups is 1. The van der Waals surface area contributed by atoms with E-state index in [0.717, 1.165) is 24.8 Å². The predicted molar refractivity (Wildman–Crippen MR) is 114 cm³/mol. The fourth-order valence-electron chi connectivity index (χ4n) is 3.43. The van der Waals surface area contributed by atoms with E-state index in [9.17, 15) is 13.2 Å². The molecule has 6 heteroatoms. The van der Waals surface area contributed by atoms with Gasteiger partial charge in [0.2, 0.25) is 10.0 Å². The van der Waals surface area contributed by atoms with Gasteiger partial charge in [-0.05, 0) is 60.6 Å². The molecule has 0 N–H and O–H groups in total. The monoisotopic (exact) mass is 415 g/mol. The van der Waals surface area contributed by atoms with Crippen LogP contribution in [0, 0.1) is 0 Å². The summed E-state index contributed by atoms with van der Waals surface area (Å²) in [4.78, 5) is 12.4. The maximum absolute atomic E-state index is 12.7. The summed E-state index contributed by atoms with van der Waals surface area (Å²) in [5, 5.41) is 0. The van der Waals surface area contributed by atoms with Crippen LogP contribution in [0.5, 0.6) is 5.75 Å². The van der Waals surface area contributed by atoms with E-state index in [1.54, 1.807) is 28.6 Å². The van der Waals surface area contributed by atoms with Crippen LogP contribution in [0.2, 0.25) is 0 Å². The van der Waals surface area contributed by atoms with E-state index >= 15 is 0 Å². The molecule has 3 rings (SSSR count). The van der Waals surface area contributed by atoms with Crippen molar-refractivity contribution in [1.82, 2.24) is 4.31 Å². The maximum Gasteiger partial charge on any atom is 0.311 e. The summed E-state index contributed by atoms with van der Waals surface area (Å²) < 4.78 is 32.3. The number of carbonyl (C=O) groups excluding carboxylic acids is 1. The molecule has 1 heterocycles. The van der Waals surface area contributed by atoms with Crippen LogP contribution in [0.3, 0.4) is 0 Å². The van der Waals surface area contributed by atoms with Crippen molar-refractivity contribution in [1.29, 1.82) is 0 Å².